The fourth-order valence-corrected chi connectivity index (χ4v) is 2.37. The van der Waals surface area contributed by atoms with E-state index in [9.17, 15) is 9.18 Å². The molecule has 2 heterocycles. The molecule has 0 atom stereocenters. The van der Waals surface area contributed by atoms with E-state index in [-0.39, 0.29) is 24.1 Å². The number of nitrogens with one attached hydrogen (secondary N) is 2. The Morgan fingerprint density at radius 2 is 2.08 bits per heavy atom. The van der Waals surface area contributed by atoms with Gasteiger partial charge in [-0.3, -0.25) is 4.79 Å². The van der Waals surface area contributed by atoms with Gasteiger partial charge in [0.15, 0.2) is 11.6 Å². The highest BCUT2D eigenvalue weighted by atomic mass is 19.1. The molecular formula is C17H19FN6O2. The van der Waals surface area contributed by atoms with Crippen LogP contribution in [0.5, 0.6) is 0 Å². The lowest BCUT2D eigenvalue weighted by atomic mass is 10.3. The van der Waals surface area contributed by atoms with Crippen LogP contribution in [0.15, 0.2) is 41.6 Å². The first-order chi connectivity index (χ1) is 12.7. The molecule has 9 heteroatoms. The first-order valence-corrected chi connectivity index (χ1v) is 8.20. The number of ether oxygens (including phenoxy) is 1. The van der Waals surface area contributed by atoms with E-state index >= 15 is 0 Å². The zero-order valence-electron chi connectivity index (χ0n) is 14.1. The molecule has 136 valence electrons. The first kappa shape index (κ1) is 17.7. The maximum Gasteiger partial charge on any atom is 0.245 e. The quantitative estimate of drug-likeness (QED) is 0.605. The van der Waals surface area contributed by atoms with Gasteiger partial charge in [-0.25, -0.2) is 14.8 Å². The fraction of sp³-hybridized carbons (Fsp3) is 0.294. The number of rotatable bonds is 6. The first-order valence-electron chi connectivity index (χ1n) is 8.20. The molecule has 0 unspecified atom stereocenters. The molecule has 1 aliphatic rings. The molecule has 0 aliphatic carbocycles. The van der Waals surface area contributed by atoms with Crippen molar-refractivity contribution in [2.45, 2.75) is 6.42 Å². The average Bonchev–Trinajstić information content (AvgIpc) is 2.68. The number of morpholine rings is 1. The average molecular weight is 358 g/mol. The van der Waals surface area contributed by atoms with Gasteiger partial charge in [-0.2, -0.15) is 10.1 Å². The van der Waals surface area contributed by atoms with Gasteiger partial charge in [0.25, 0.3) is 0 Å². The van der Waals surface area contributed by atoms with E-state index < -0.39 is 5.82 Å². The van der Waals surface area contributed by atoms with Crippen molar-refractivity contribution in [3.05, 3.63) is 42.3 Å². The molecule has 26 heavy (non-hydrogen) atoms. The third-order valence-electron chi connectivity index (χ3n) is 3.63. The van der Waals surface area contributed by atoms with Crippen molar-refractivity contribution in [2.24, 2.45) is 5.10 Å². The number of benzene rings is 1. The van der Waals surface area contributed by atoms with E-state index in [1.165, 1.54) is 6.21 Å². The molecule has 0 radical (unpaired) electrons. The van der Waals surface area contributed by atoms with E-state index in [0.717, 1.165) is 11.9 Å². The number of halogens is 1. The molecule has 2 aromatic rings. The van der Waals surface area contributed by atoms with Crippen molar-refractivity contribution >= 4 is 29.6 Å². The minimum Gasteiger partial charge on any atom is -0.378 e. The Bertz CT molecular complexity index is 765. The standard InChI is InChI=1S/C17H19FN6O2/c18-14-12-19-17(22-16(14)24-8-10-26-11-9-24)23-20-7-6-15(25)21-13-4-2-1-3-5-13/h1-5,7,12H,6,8-11H2,(H,21,25)(H,19,22,23)/b20-7+. The third-order valence-corrected chi connectivity index (χ3v) is 3.63. The van der Waals surface area contributed by atoms with Gasteiger partial charge in [-0.15, -0.1) is 0 Å². The predicted molar refractivity (Wildman–Crippen MR) is 96.8 cm³/mol. The van der Waals surface area contributed by atoms with Gasteiger partial charge in [0.1, 0.15) is 0 Å². The number of hydrazone groups is 1. The van der Waals surface area contributed by atoms with Gasteiger partial charge in [-0.05, 0) is 12.1 Å². The summed E-state index contributed by atoms with van der Waals surface area (Å²) in [5, 5.41) is 6.66. The second-order valence-electron chi connectivity index (χ2n) is 5.51. The van der Waals surface area contributed by atoms with Gasteiger partial charge in [0.2, 0.25) is 11.9 Å². The molecule has 0 bridgehead atoms. The van der Waals surface area contributed by atoms with Gasteiger partial charge >= 0.3 is 0 Å². The van der Waals surface area contributed by atoms with Gasteiger partial charge in [-0.1, -0.05) is 18.2 Å². The zero-order chi connectivity index (χ0) is 18.2. The van der Waals surface area contributed by atoms with Gasteiger partial charge in [0.05, 0.1) is 25.8 Å². The highest BCUT2D eigenvalue weighted by Crippen LogP contribution is 2.18. The van der Waals surface area contributed by atoms with E-state index in [1.807, 2.05) is 18.2 Å². The van der Waals surface area contributed by atoms with Crippen LogP contribution in [0.1, 0.15) is 6.42 Å². The van der Waals surface area contributed by atoms with E-state index in [2.05, 4.69) is 25.8 Å². The van der Waals surface area contributed by atoms with Crippen LogP contribution in [0, 0.1) is 5.82 Å². The van der Waals surface area contributed by atoms with E-state index in [1.54, 1.807) is 17.0 Å². The molecule has 1 amide bonds. The monoisotopic (exact) mass is 358 g/mol. The summed E-state index contributed by atoms with van der Waals surface area (Å²) in [5.41, 5.74) is 3.33. The van der Waals surface area contributed by atoms with Crippen LogP contribution in [0.25, 0.3) is 0 Å². The molecule has 1 aromatic carbocycles. The molecular weight excluding hydrogens is 339 g/mol. The number of carbonyl (C=O) groups is 1. The highest BCUT2D eigenvalue weighted by Gasteiger charge is 2.17. The molecule has 0 saturated carbocycles. The predicted octanol–water partition coefficient (Wildman–Crippen LogP) is 1.88. The SMILES string of the molecule is O=C(C/C=N/Nc1ncc(F)c(N2CCOCC2)n1)Nc1ccccc1. The van der Waals surface area contributed by atoms with Crippen molar-refractivity contribution in [1.82, 2.24) is 9.97 Å². The Kier molecular flexibility index (Phi) is 6.05. The van der Waals surface area contributed by atoms with Crippen LogP contribution in [-0.2, 0) is 9.53 Å². The summed E-state index contributed by atoms with van der Waals surface area (Å²) in [4.78, 5) is 21.6. The lowest BCUT2D eigenvalue weighted by Crippen LogP contribution is -2.37. The second kappa shape index (κ2) is 8.86. The van der Waals surface area contributed by atoms with Crippen LogP contribution in [0.2, 0.25) is 0 Å². The lowest BCUT2D eigenvalue weighted by Gasteiger charge is -2.27. The van der Waals surface area contributed by atoms with Crippen LogP contribution in [-0.4, -0.2) is 48.4 Å². The summed E-state index contributed by atoms with van der Waals surface area (Å²) in [7, 11) is 0. The molecule has 0 spiro atoms. The van der Waals surface area contributed by atoms with Gasteiger partial charge < -0.3 is 15.0 Å². The van der Waals surface area contributed by atoms with E-state index in [4.69, 9.17) is 4.74 Å². The molecule has 1 saturated heterocycles. The molecule has 1 fully saturated rings. The maximum atomic E-state index is 13.9. The van der Waals surface area contributed by atoms with Gasteiger partial charge in [0, 0.05) is 25.0 Å². The smallest absolute Gasteiger partial charge is 0.245 e. The van der Waals surface area contributed by atoms with Crippen molar-refractivity contribution in [3.63, 3.8) is 0 Å². The summed E-state index contributed by atoms with van der Waals surface area (Å²) >= 11 is 0. The number of hydrogen-bond donors (Lipinski definition) is 2. The number of aromatic nitrogens is 2. The van der Waals surface area contributed by atoms with Crippen molar-refractivity contribution in [2.75, 3.05) is 41.9 Å². The van der Waals surface area contributed by atoms with Crippen LogP contribution < -0.4 is 15.6 Å². The molecule has 2 N–H and O–H groups in total. The van der Waals surface area contributed by atoms with Crippen molar-refractivity contribution in [3.8, 4) is 0 Å². The Morgan fingerprint density at radius 1 is 1.31 bits per heavy atom. The minimum absolute atomic E-state index is 0.0827. The highest BCUT2D eigenvalue weighted by molar-refractivity contribution is 5.99. The summed E-state index contributed by atoms with van der Waals surface area (Å²) in [6, 6.07) is 9.14. The summed E-state index contributed by atoms with van der Waals surface area (Å²) in [6.45, 7) is 2.19. The summed E-state index contributed by atoms with van der Waals surface area (Å²) < 4.78 is 19.2. The molecule has 1 aliphatic heterocycles. The third kappa shape index (κ3) is 4.96. The summed E-state index contributed by atoms with van der Waals surface area (Å²) in [5.74, 6) is -0.324. The Hall–Kier alpha value is -3.07. The Morgan fingerprint density at radius 3 is 2.85 bits per heavy atom. The normalized spacial score (nSPS) is 14.4. The Balaban J connectivity index is 1.52. The zero-order valence-corrected chi connectivity index (χ0v) is 14.1. The molecule has 8 nitrogen and oxygen atoms in total. The number of amides is 1. The Labute approximate surface area is 150 Å². The summed E-state index contributed by atoms with van der Waals surface area (Å²) in [6.07, 6.45) is 2.58. The van der Waals surface area contributed by atoms with Crippen LogP contribution >= 0.6 is 0 Å². The van der Waals surface area contributed by atoms with Crippen LogP contribution in [0.3, 0.4) is 0 Å². The maximum absolute atomic E-state index is 13.9. The van der Waals surface area contributed by atoms with E-state index in [0.29, 0.717) is 26.3 Å². The molecule has 1 aromatic heterocycles. The second-order valence-corrected chi connectivity index (χ2v) is 5.51. The number of nitrogens with zero attached hydrogens (tertiary/aromatic N) is 4. The molecule has 3 rings (SSSR count). The number of para-hydroxylation sites is 1. The number of carbonyl (C=O) groups excluding carboxylic acids is 1. The topological polar surface area (TPSA) is 91.7 Å². The van der Waals surface area contributed by atoms with Crippen molar-refractivity contribution < 1.29 is 13.9 Å². The number of hydrogen-bond acceptors (Lipinski definition) is 7. The van der Waals surface area contributed by atoms with Crippen LogP contribution in [0.4, 0.5) is 21.8 Å². The fourth-order valence-electron chi connectivity index (χ4n) is 2.37. The lowest BCUT2D eigenvalue weighted by molar-refractivity contribution is -0.115. The van der Waals surface area contributed by atoms with Crippen molar-refractivity contribution in [1.29, 1.82) is 0 Å². The number of anilines is 3. The largest absolute Gasteiger partial charge is 0.378 e. The minimum atomic E-state index is -0.497.